The lowest BCUT2D eigenvalue weighted by Crippen LogP contribution is -2.34. The van der Waals surface area contributed by atoms with E-state index in [2.05, 4.69) is 50.7 Å². The fourth-order valence-corrected chi connectivity index (χ4v) is 3.68. The SMILES string of the molecule is O=C(CC1CCN(Cc2ccccc2)CC1)Nc1ccc2[nH]ncc2c1. The largest absolute Gasteiger partial charge is 0.326 e. The average Bonchev–Trinajstić information content (AvgIpc) is 3.12. The molecule has 1 aliphatic heterocycles. The number of piperidine rings is 1. The number of likely N-dealkylation sites (tertiary alicyclic amines) is 1. The Balaban J connectivity index is 1.25. The Bertz CT molecular complexity index is 866. The third kappa shape index (κ3) is 4.11. The summed E-state index contributed by atoms with van der Waals surface area (Å²) in [4.78, 5) is 14.9. The molecule has 5 nitrogen and oxygen atoms in total. The summed E-state index contributed by atoms with van der Waals surface area (Å²) in [6.45, 7) is 3.13. The Morgan fingerprint density at radius 1 is 1.15 bits per heavy atom. The number of rotatable bonds is 5. The average molecular weight is 348 g/mol. The summed E-state index contributed by atoms with van der Waals surface area (Å²) in [5.74, 6) is 0.578. The van der Waals surface area contributed by atoms with Gasteiger partial charge in [0.05, 0.1) is 11.7 Å². The lowest BCUT2D eigenvalue weighted by molar-refractivity contribution is -0.117. The molecule has 0 atom stereocenters. The molecule has 2 aromatic carbocycles. The van der Waals surface area contributed by atoms with Crippen molar-refractivity contribution >= 4 is 22.5 Å². The van der Waals surface area contributed by atoms with E-state index >= 15 is 0 Å². The van der Waals surface area contributed by atoms with Crippen molar-refractivity contribution in [2.45, 2.75) is 25.8 Å². The van der Waals surface area contributed by atoms with Crippen LogP contribution in [0.15, 0.2) is 54.7 Å². The number of anilines is 1. The molecule has 5 heteroatoms. The van der Waals surface area contributed by atoms with Crippen molar-refractivity contribution in [2.75, 3.05) is 18.4 Å². The van der Waals surface area contributed by atoms with Crippen LogP contribution in [0.25, 0.3) is 10.9 Å². The van der Waals surface area contributed by atoms with Gasteiger partial charge in [0.1, 0.15) is 0 Å². The maximum atomic E-state index is 12.4. The topological polar surface area (TPSA) is 61.0 Å². The first kappa shape index (κ1) is 16.8. The third-order valence-electron chi connectivity index (χ3n) is 5.15. The van der Waals surface area contributed by atoms with Crippen LogP contribution >= 0.6 is 0 Å². The van der Waals surface area contributed by atoms with E-state index < -0.39 is 0 Å². The Labute approximate surface area is 153 Å². The Morgan fingerprint density at radius 3 is 2.77 bits per heavy atom. The van der Waals surface area contributed by atoms with Gasteiger partial charge >= 0.3 is 0 Å². The molecule has 0 unspecified atom stereocenters. The predicted molar refractivity (Wildman–Crippen MR) is 104 cm³/mol. The second kappa shape index (κ2) is 7.70. The molecule has 134 valence electrons. The maximum Gasteiger partial charge on any atom is 0.224 e. The molecule has 1 aromatic heterocycles. The number of aromatic amines is 1. The molecule has 0 radical (unpaired) electrons. The highest BCUT2D eigenvalue weighted by Crippen LogP contribution is 2.23. The van der Waals surface area contributed by atoms with Crippen LogP contribution in [0.5, 0.6) is 0 Å². The molecule has 1 aliphatic rings. The van der Waals surface area contributed by atoms with Crippen molar-refractivity contribution in [1.82, 2.24) is 15.1 Å². The minimum absolute atomic E-state index is 0.106. The number of benzene rings is 2. The monoisotopic (exact) mass is 348 g/mol. The van der Waals surface area contributed by atoms with Crippen LogP contribution in [0, 0.1) is 5.92 Å². The maximum absolute atomic E-state index is 12.4. The van der Waals surface area contributed by atoms with Gasteiger partial charge in [-0.2, -0.15) is 5.10 Å². The highest BCUT2D eigenvalue weighted by molar-refractivity contribution is 5.93. The zero-order chi connectivity index (χ0) is 17.8. The van der Waals surface area contributed by atoms with Gasteiger partial charge in [-0.1, -0.05) is 30.3 Å². The van der Waals surface area contributed by atoms with Crippen molar-refractivity contribution < 1.29 is 4.79 Å². The summed E-state index contributed by atoms with van der Waals surface area (Å²) in [6, 6.07) is 16.4. The van der Waals surface area contributed by atoms with Gasteiger partial charge in [0.2, 0.25) is 5.91 Å². The minimum atomic E-state index is 0.106. The summed E-state index contributed by atoms with van der Waals surface area (Å²) >= 11 is 0. The fourth-order valence-electron chi connectivity index (χ4n) is 3.68. The van der Waals surface area contributed by atoms with E-state index in [1.165, 1.54) is 5.56 Å². The van der Waals surface area contributed by atoms with E-state index in [1.54, 1.807) is 6.20 Å². The van der Waals surface area contributed by atoms with E-state index in [4.69, 9.17) is 0 Å². The summed E-state index contributed by atoms with van der Waals surface area (Å²) < 4.78 is 0. The van der Waals surface area contributed by atoms with Crippen molar-refractivity contribution in [1.29, 1.82) is 0 Å². The molecular formula is C21H24N4O. The van der Waals surface area contributed by atoms with E-state index in [-0.39, 0.29) is 5.91 Å². The smallest absolute Gasteiger partial charge is 0.224 e. The number of H-pyrrole nitrogens is 1. The summed E-state index contributed by atoms with van der Waals surface area (Å²) in [5.41, 5.74) is 3.18. The number of hydrogen-bond acceptors (Lipinski definition) is 3. The lowest BCUT2D eigenvalue weighted by atomic mass is 9.93. The zero-order valence-corrected chi connectivity index (χ0v) is 14.8. The van der Waals surface area contributed by atoms with Gasteiger partial charge in [0.25, 0.3) is 0 Å². The zero-order valence-electron chi connectivity index (χ0n) is 14.8. The highest BCUT2D eigenvalue weighted by atomic mass is 16.1. The molecular weight excluding hydrogens is 324 g/mol. The van der Waals surface area contributed by atoms with Crippen molar-refractivity contribution in [3.63, 3.8) is 0 Å². The van der Waals surface area contributed by atoms with E-state index in [0.717, 1.165) is 49.1 Å². The van der Waals surface area contributed by atoms with E-state index in [1.807, 2.05) is 18.2 Å². The molecule has 1 fully saturated rings. The van der Waals surface area contributed by atoms with Crippen LogP contribution in [-0.4, -0.2) is 34.1 Å². The van der Waals surface area contributed by atoms with Gasteiger partial charge in [-0.05, 0) is 55.6 Å². The molecule has 2 N–H and O–H groups in total. The molecule has 1 amide bonds. The van der Waals surface area contributed by atoms with Crippen LogP contribution in [0.3, 0.4) is 0 Å². The molecule has 0 saturated carbocycles. The molecule has 0 spiro atoms. The first-order valence-corrected chi connectivity index (χ1v) is 9.25. The molecule has 1 saturated heterocycles. The molecule has 2 heterocycles. The summed E-state index contributed by atoms with van der Waals surface area (Å²) in [7, 11) is 0. The first-order chi connectivity index (χ1) is 12.8. The predicted octanol–water partition coefficient (Wildman–Crippen LogP) is 3.80. The van der Waals surface area contributed by atoms with Gasteiger partial charge in [-0.15, -0.1) is 0 Å². The summed E-state index contributed by atoms with van der Waals surface area (Å²) in [6.07, 6.45) is 4.54. The number of amides is 1. The molecule has 0 aliphatic carbocycles. The molecule has 3 aromatic rings. The van der Waals surface area contributed by atoms with Crippen molar-refractivity contribution in [3.8, 4) is 0 Å². The molecule has 26 heavy (non-hydrogen) atoms. The van der Waals surface area contributed by atoms with Gasteiger partial charge < -0.3 is 5.32 Å². The standard InChI is InChI=1S/C21H24N4O/c26-21(23-19-6-7-20-18(13-19)14-22-24-20)12-16-8-10-25(11-9-16)15-17-4-2-1-3-5-17/h1-7,13-14,16H,8-12,15H2,(H,22,24)(H,23,26). The first-order valence-electron chi connectivity index (χ1n) is 9.25. The second-order valence-electron chi connectivity index (χ2n) is 7.13. The lowest BCUT2D eigenvalue weighted by Gasteiger charge is -2.31. The summed E-state index contributed by atoms with van der Waals surface area (Å²) in [5, 5.41) is 11.0. The Hall–Kier alpha value is -2.66. The van der Waals surface area contributed by atoms with E-state index in [9.17, 15) is 4.79 Å². The second-order valence-corrected chi connectivity index (χ2v) is 7.13. The van der Waals surface area contributed by atoms with Gasteiger partial charge in [0, 0.05) is 24.0 Å². The number of nitrogens with zero attached hydrogens (tertiary/aromatic N) is 2. The Kier molecular flexibility index (Phi) is 4.97. The number of nitrogens with one attached hydrogen (secondary N) is 2. The number of carbonyl (C=O) groups is 1. The van der Waals surface area contributed by atoms with Crippen LogP contribution in [-0.2, 0) is 11.3 Å². The van der Waals surface area contributed by atoms with Crippen molar-refractivity contribution in [3.05, 3.63) is 60.3 Å². The normalized spacial score (nSPS) is 16.0. The van der Waals surface area contributed by atoms with Gasteiger partial charge in [-0.25, -0.2) is 0 Å². The van der Waals surface area contributed by atoms with Crippen LogP contribution in [0.2, 0.25) is 0 Å². The number of aromatic nitrogens is 2. The van der Waals surface area contributed by atoms with Gasteiger partial charge in [0.15, 0.2) is 0 Å². The Morgan fingerprint density at radius 2 is 1.96 bits per heavy atom. The van der Waals surface area contributed by atoms with E-state index in [0.29, 0.717) is 12.3 Å². The van der Waals surface area contributed by atoms with Crippen LogP contribution in [0.4, 0.5) is 5.69 Å². The molecule has 0 bridgehead atoms. The quantitative estimate of drug-likeness (QED) is 0.737. The number of hydrogen-bond donors (Lipinski definition) is 2. The minimum Gasteiger partial charge on any atom is -0.326 e. The van der Waals surface area contributed by atoms with Crippen molar-refractivity contribution in [2.24, 2.45) is 5.92 Å². The third-order valence-corrected chi connectivity index (χ3v) is 5.15. The highest BCUT2D eigenvalue weighted by Gasteiger charge is 2.21. The van der Waals surface area contributed by atoms with Gasteiger partial charge in [-0.3, -0.25) is 14.8 Å². The van der Waals surface area contributed by atoms with Crippen LogP contribution in [0.1, 0.15) is 24.8 Å². The fraction of sp³-hybridized carbons (Fsp3) is 0.333. The number of carbonyl (C=O) groups excluding carboxylic acids is 1. The van der Waals surface area contributed by atoms with Crippen LogP contribution < -0.4 is 5.32 Å². The number of fused-ring (bicyclic) bond motifs is 1. The molecule has 4 rings (SSSR count).